The molecule has 0 amide bonds. The number of nitrogens with one attached hydrogen (secondary N) is 1. The summed E-state index contributed by atoms with van der Waals surface area (Å²) < 4.78 is 0. The first-order chi connectivity index (χ1) is 17.1. The van der Waals surface area contributed by atoms with Crippen LogP contribution in [0.15, 0.2) is 85.4 Å². The van der Waals surface area contributed by atoms with Crippen molar-refractivity contribution in [3.8, 4) is 11.1 Å². The van der Waals surface area contributed by atoms with Gasteiger partial charge in [0.1, 0.15) is 5.15 Å². The molecule has 6 rings (SSSR count). The molecule has 174 valence electrons. The maximum absolute atomic E-state index is 13.1. The molecule has 0 bridgehead atoms. The van der Waals surface area contributed by atoms with Crippen molar-refractivity contribution in [2.24, 2.45) is 5.92 Å². The number of halogens is 2. The first kappa shape index (κ1) is 23.3. The average Bonchev–Trinajstić information content (AvgIpc) is 3.23. The molecule has 1 N–H and O–H groups in total. The van der Waals surface area contributed by atoms with Gasteiger partial charge in [0.25, 0.3) is 0 Å². The lowest BCUT2D eigenvalue weighted by molar-refractivity contribution is 0.0946. The Balaban J connectivity index is 0.000000313. The summed E-state index contributed by atoms with van der Waals surface area (Å²) in [5, 5.41) is 5.98. The summed E-state index contributed by atoms with van der Waals surface area (Å²) in [4.78, 5) is 17.2. The number of benzene rings is 2. The standard InChI is InChI=1S/C24H17Cl2NO.C6H7N/c25-17-12-22(24(26)27-13-17)23(28)16-6-5-15-8-9-19-18-4-2-1-3-14(18)7-10-20(19)21(15)11-16;1-2-4-6-7-5-3-1/h1-4,8-13,16H,5-7H2;1-7H. The number of allylic oxidation sites excluding steroid dienone is 4. The summed E-state index contributed by atoms with van der Waals surface area (Å²) in [6.07, 6.45) is 20.0. The van der Waals surface area contributed by atoms with E-state index in [1.165, 1.54) is 38.9 Å². The van der Waals surface area contributed by atoms with Crippen LogP contribution in [-0.2, 0) is 12.8 Å². The fourth-order valence-electron chi connectivity index (χ4n) is 4.73. The van der Waals surface area contributed by atoms with E-state index in [1.54, 1.807) is 6.07 Å². The van der Waals surface area contributed by atoms with Crippen LogP contribution < -0.4 is 15.8 Å². The molecule has 3 nitrogen and oxygen atoms in total. The second-order valence-electron chi connectivity index (χ2n) is 8.60. The van der Waals surface area contributed by atoms with Gasteiger partial charge in [0.05, 0.1) is 10.6 Å². The van der Waals surface area contributed by atoms with Gasteiger partial charge in [0.2, 0.25) is 0 Å². The van der Waals surface area contributed by atoms with E-state index in [9.17, 15) is 4.79 Å². The lowest BCUT2D eigenvalue weighted by Gasteiger charge is -2.21. The number of rotatable bonds is 2. The van der Waals surface area contributed by atoms with Gasteiger partial charge in [-0.3, -0.25) is 4.79 Å². The van der Waals surface area contributed by atoms with Gasteiger partial charge in [0.15, 0.2) is 5.78 Å². The Kier molecular flexibility index (Phi) is 6.98. The average molecular weight is 499 g/mol. The highest BCUT2D eigenvalue weighted by atomic mass is 35.5. The third-order valence-corrected chi connectivity index (χ3v) is 6.94. The molecular weight excluding hydrogens is 475 g/mol. The molecule has 1 atom stereocenters. The quantitative estimate of drug-likeness (QED) is 0.359. The number of pyridine rings is 1. The number of carbonyl (C=O) groups is 1. The molecule has 1 unspecified atom stereocenters. The molecule has 35 heavy (non-hydrogen) atoms. The molecule has 0 saturated heterocycles. The molecule has 0 saturated carbocycles. The minimum atomic E-state index is -0.220. The van der Waals surface area contributed by atoms with Crippen LogP contribution in [0.4, 0.5) is 0 Å². The number of hydrogen-bond donors (Lipinski definition) is 1. The predicted octanol–water partition coefficient (Wildman–Crippen LogP) is 5.79. The number of aryl methyl sites for hydroxylation is 1. The van der Waals surface area contributed by atoms with Gasteiger partial charge in [-0.05, 0) is 70.2 Å². The highest BCUT2D eigenvalue weighted by Gasteiger charge is 2.25. The molecule has 1 aliphatic heterocycles. The number of carbonyl (C=O) groups excluding carboxylic acids is 1. The maximum Gasteiger partial charge on any atom is 0.172 e. The van der Waals surface area contributed by atoms with Gasteiger partial charge < -0.3 is 5.32 Å². The molecule has 2 heterocycles. The Hall–Kier alpha value is -3.40. The molecule has 0 radical (unpaired) electrons. The molecule has 2 aliphatic carbocycles. The highest BCUT2D eigenvalue weighted by Crippen LogP contribution is 2.27. The second kappa shape index (κ2) is 10.5. The fraction of sp³-hybridized carbons (Fsp3) is 0.133. The Labute approximate surface area is 214 Å². The van der Waals surface area contributed by atoms with Crippen LogP contribution in [0.2, 0.25) is 10.2 Å². The zero-order chi connectivity index (χ0) is 24.2. The number of Topliss-reactive ketones (excluding diaryl/α,β-unsaturated/α-hetero) is 1. The van der Waals surface area contributed by atoms with Gasteiger partial charge in [-0.2, -0.15) is 0 Å². The van der Waals surface area contributed by atoms with E-state index in [-0.39, 0.29) is 16.9 Å². The highest BCUT2D eigenvalue weighted by molar-refractivity contribution is 6.35. The minimum Gasteiger partial charge on any atom is -0.368 e. The van der Waals surface area contributed by atoms with Gasteiger partial charge in [0, 0.05) is 24.5 Å². The van der Waals surface area contributed by atoms with E-state index in [2.05, 4.69) is 58.9 Å². The van der Waals surface area contributed by atoms with Crippen molar-refractivity contribution in [3.05, 3.63) is 123 Å². The molecule has 2 aromatic carbocycles. The van der Waals surface area contributed by atoms with Crippen LogP contribution in [0.1, 0.15) is 27.9 Å². The SMILES string of the molecule is C1=CC=CNC=C1.O=C(c1cc(Cl)cnc1Cl)C1C=c2c(ccc3c2=CCc2ccccc2-3)CC1. The largest absolute Gasteiger partial charge is 0.368 e. The van der Waals surface area contributed by atoms with Gasteiger partial charge in [-0.25, -0.2) is 4.98 Å². The summed E-state index contributed by atoms with van der Waals surface area (Å²) in [5.41, 5.74) is 5.57. The van der Waals surface area contributed by atoms with E-state index >= 15 is 0 Å². The first-order valence-corrected chi connectivity index (χ1v) is 12.4. The van der Waals surface area contributed by atoms with Gasteiger partial charge >= 0.3 is 0 Å². The zero-order valence-electron chi connectivity index (χ0n) is 19.0. The van der Waals surface area contributed by atoms with Crippen molar-refractivity contribution >= 4 is 41.1 Å². The van der Waals surface area contributed by atoms with Crippen LogP contribution in [0.3, 0.4) is 0 Å². The fourth-order valence-corrected chi connectivity index (χ4v) is 5.08. The number of ketones is 1. The third kappa shape index (κ3) is 5.02. The molecule has 3 aliphatic rings. The summed E-state index contributed by atoms with van der Waals surface area (Å²) in [6, 6.07) is 14.6. The normalized spacial score (nSPS) is 16.7. The second-order valence-corrected chi connectivity index (χ2v) is 9.40. The lowest BCUT2D eigenvalue weighted by Crippen LogP contribution is -2.37. The number of nitrogens with zero attached hydrogens (tertiary/aromatic N) is 1. The zero-order valence-corrected chi connectivity index (χ0v) is 20.6. The summed E-state index contributed by atoms with van der Waals surface area (Å²) in [5.74, 6) is -0.234. The van der Waals surface area contributed by atoms with E-state index in [0.29, 0.717) is 10.6 Å². The van der Waals surface area contributed by atoms with Crippen molar-refractivity contribution in [1.29, 1.82) is 0 Å². The monoisotopic (exact) mass is 498 g/mol. The Morgan fingerprint density at radius 2 is 1.71 bits per heavy atom. The smallest absolute Gasteiger partial charge is 0.172 e. The van der Waals surface area contributed by atoms with Crippen LogP contribution in [0.5, 0.6) is 0 Å². The lowest BCUT2D eigenvalue weighted by atomic mass is 9.82. The van der Waals surface area contributed by atoms with E-state index in [0.717, 1.165) is 19.3 Å². The van der Waals surface area contributed by atoms with Crippen LogP contribution in [0, 0.1) is 5.92 Å². The first-order valence-electron chi connectivity index (χ1n) is 11.6. The maximum atomic E-state index is 13.1. The number of fused-ring (bicyclic) bond motifs is 5. The third-order valence-electron chi connectivity index (χ3n) is 6.43. The molecule has 0 spiro atoms. The topological polar surface area (TPSA) is 42.0 Å². The Bertz CT molecular complexity index is 1490. The van der Waals surface area contributed by atoms with Crippen LogP contribution >= 0.6 is 23.2 Å². The van der Waals surface area contributed by atoms with Gasteiger partial charge in [-0.1, -0.05) is 83.9 Å². The van der Waals surface area contributed by atoms with E-state index < -0.39 is 0 Å². The Morgan fingerprint density at radius 3 is 2.54 bits per heavy atom. The Morgan fingerprint density at radius 1 is 0.914 bits per heavy atom. The molecular formula is C30H24Cl2N2O. The van der Waals surface area contributed by atoms with Crippen molar-refractivity contribution in [3.63, 3.8) is 0 Å². The number of aromatic nitrogens is 1. The van der Waals surface area contributed by atoms with E-state index in [1.807, 2.05) is 36.7 Å². The minimum absolute atomic E-state index is 0.0144. The van der Waals surface area contributed by atoms with Crippen molar-refractivity contribution in [2.45, 2.75) is 19.3 Å². The molecule has 0 fully saturated rings. The number of hydrogen-bond acceptors (Lipinski definition) is 3. The van der Waals surface area contributed by atoms with Crippen LogP contribution in [0.25, 0.3) is 23.3 Å². The summed E-state index contributed by atoms with van der Waals surface area (Å²) >= 11 is 12.2. The van der Waals surface area contributed by atoms with Crippen molar-refractivity contribution in [1.82, 2.24) is 10.3 Å². The van der Waals surface area contributed by atoms with Crippen molar-refractivity contribution < 1.29 is 4.79 Å². The summed E-state index contributed by atoms with van der Waals surface area (Å²) in [7, 11) is 0. The molecule has 5 heteroatoms. The molecule has 1 aromatic heterocycles. The van der Waals surface area contributed by atoms with E-state index in [4.69, 9.17) is 23.2 Å². The van der Waals surface area contributed by atoms with Crippen molar-refractivity contribution in [2.75, 3.05) is 0 Å². The van der Waals surface area contributed by atoms with Crippen LogP contribution in [-0.4, -0.2) is 10.8 Å². The summed E-state index contributed by atoms with van der Waals surface area (Å²) in [6.45, 7) is 0. The molecule has 3 aromatic rings. The predicted molar refractivity (Wildman–Crippen MR) is 145 cm³/mol. The van der Waals surface area contributed by atoms with Gasteiger partial charge in [-0.15, -0.1) is 0 Å².